The van der Waals surface area contributed by atoms with E-state index >= 15 is 0 Å². The van der Waals surface area contributed by atoms with E-state index in [1.54, 1.807) is 0 Å². The maximum atomic E-state index is 12.0. The zero-order valence-electron chi connectivity index (χ0n) is 6.17. The fraction of sp³-hybridized carbons (Fsp3) is 1.00. The molecule has 0 amide bonds. The largest absolute Gasteiger partial charge is 0.392 e. The average Bonchev–Trinajstić information content (AvgIpc) is 2.30. The lowest BCUT2D eigenvalue weighted by Crippen LogP contribution is -2.22. The zero-order chi connectivity index (χ0) is 9.35. The Kier molecular flexibility index (Phi) is 2.25. The van der Waals surface area contributed by atoms with Crippen LogP contribution in [0.3, 0.4) is 0 Å². The molecule has 1 aliphatic rings. The lowest BCUT2D eigenvalue weighted by Gasteiger charge is -2.12. The van der Waals surface area contributed by atoms with E-state index < -0.39 is 23.1 Å². The van der Waals surface area contributed by atoms with Gasteiger partial charge in [-0.1, -0.05) is 0 Å². The van der Waals surface area contributed by atoms with Gasteiger partial charge in [-0.2, -0.15) is 13.2 Å². The minimum atomic E-state index is -4.26. The number of halogens is 3. The standard InChI is InChI=1S/C6H8F3NO2/c7-6(8,9)4-1-2-5(3-4)10(11)12/h4-5H,1-3H2/t4-,5+/m0/s1. The van der Waals surface area contributed by atoms with Gasteiger partial charge >= 0.3 is 6.18 Å². The summed E-state index contributed by atoms with van der Waals surface area (Å²) in [4.78, 5) is 9.49. The summed E-state index contributed by atoms with van der Waals surface area (Å²) in [6.07, 6.45) is -4.66. The van der Waals surface area contributed by atoms with E-state index in [1.165, 1.54) is 0 Å². The number of rotatable bonds is 1. The van der Waals surface area contributed by atoms with Gasteiger partial charge in [0.25, 0.3) is 0 Å². The predicted octanol–water partition coefficient (Wildman–Crippen LogP) is 1.99. The van der Waals surface area contributed by atoms with Crippen LogP contribution in [0.1, 0.15) is 19.3 Å². The highest BCUT2D eigenvalue weighted by atomic mass is 19.4. The Hall–Kier alpha value is -0.810. The van der Waals surface area contributed by atoms with E-state index in [0.717, 1.165) is 0 Å². The zero-order valence-corrected chi connectivity index (χ0v) is 6.17. The average molecular weight is 183 g/mol. The molecular weight excluding hydrogens is 175 g/mol. The smallest absolute Gasteiger partial charge is 0.264 e. The number of hydrogen-bond donors (Lipinski definition) is 0. The summed E-state index contributed by atoms with van der Waals surface area (Å²) in [5.41, 5.74) is 0. The fourth-order valence-electron chi connectivity index (χ4n) is 1.45. The molecule has 1 aliphatic carbocycles. The quantitative estimate of drug-likeness (QED) is 0.461. The van der Waals surface area contributed by atoms with Crippen molar-refractivity contribution in [1.29, 1.82) is 0 Å². The highest BCUT2D eigenvalue weighted by molar-refractivity contribution is 4.79. The molecule has 1 rings (SSSR count). The minimum absolute atomic E-state index is 0.0528. The van der Waals surface area contributed by atoms with Crippen molar-refractivity contribution in [3.05, 3.63) is 10.1 Å². The summed E-state index contributed by atoms with van der Waals surface area (Å²) in [5.74, 6) is -1.46. The van der Waals surface area contributed by atoms with Crippen molar-refractivity contribution in [2.45, 2.75) is 31.5 Å². The van der Waals surface area contributed by atoms with Gasteiger partial charge in [0, 0.05) is 17.8 Å². The summed E-state index contributed by atoms with van der Waals surface area (Å²) in [6.45, 7) is 0. The topological polar surface area (TPSA) is 43.1 Å². The number of nitrogens with zero attached hydrogens (tertiary/aromatic N) is 1. The van der Waals surface area contributed by atoms with Crippen molar-refractivity contribution >= 4 is 0 Å². The van der Waals surface area contributed by atoms with Crippen LogP contribution in [0, 0.1) is 16.0 Å². The monoisotopic (exact) mass is 183 g/mol. The molecule has 2 atom stereocenters. The molecule has 0 aromatic heterocycles. The van der Waals surface area contributed by atoms with Gasteiger partial charge in [0.15, 0.2) is 0 Å². The van der Waals surface area contributed by atoms with Crippen molar-refractivity contribution in [3.8, 4) is 0 Å². The maximum Gasteiger partial charge on any atom is 0.392 e. The van der Waals surface area contributed by atoms with Gasteiger partial charge in [-0.25, -0.2) is 0 Å². The Morgan fingerprint density at radius 2 is 1.92 bits per heavy atom. The normalized spacial score (nSPS) is 30.6. The molecule has 0 bridgehead atoms. The first kappa shape index (κ1) is 9.28. The van der Waals surface area contributed by atoms with Crippen LogP contribution in [0.5, 0.6) is 0 Å². The third-order valence-corrected chi connectivity index (χ3v) is 2.17. The van der Waals surface area contributed by atoms with Gasteiger partial charge in [0.05, 0.1) is 5.92 Å². The Bertz CT molecular complexity index is 192. The van der Waals surface area contributed by atoms with Crippen molar-refractivity contribution in [2.24, 2.45) is 5.92 Å². The lowest BCUT2D eigenvalue weighted by molar-refractivity contribution is -0.521. The third kappa shape index (κ3) is 1.86. The van der Waals surface area contributed by atoms with Crippen LogP contribution in [0.4, 0.5) is 13.2 Å². The molecule has 0 radical (unpaired) electrons. The highest BCUT2D eigenvalue weighted by Gasteiger charge is 2.47. The Labute approximate surface area is 66.7 Å². The van der Waals surface area contributed by atoms with Crippen LogP contribution in [-0.2, 0) is 0 Å². The van der Waals surface area contributed by atoms with Crippen LogP contribution in [0.25, 0.3) is 0 Å². The van der Waals surface area contributed by atoms with Gasteiger partial charge in [0.2, 0.25) is 6.04 Å². The lowest BCUT2D eigenvalue weighted by atomic mass is 10.1. The Balaban J connectivity index is 2.51. The number of nitro groups is 1. The molecule has 3 nitrogen and oxygen atoms in total. The van der Waals surface area contributed by atoms with Crippen molar-refractivity contribution < 1.29 is 18.1 Å². The summed E-state index contributed by atoms with van der Waals surface area (Å²) in [7, 11) is 0. The molecule has 6 heteroatoms. The molecular formula is C6H8F3NO2. The van der Waals surface area contributed by atoms with Gasteiger partial charge < -0.3 is 0 Å². The maximum absolute atomic E-state index is 12.0. The summed E-state index contributed by atoms with van der Waals surface area (Å²) < 4.78 is 35.9. The Morgan fingerprint density at radius 3 is 2.17 bits per heavy atom. The van der Waals surface area contributed by atoms with Gasteiger partial charge in [-0.05, 0) is 6.42 Å². The molecule has 0 aromatic carbocycles. The molecule has 0 spiro atoms. The molecule has 1 saturated carbocycles. The van der Waals surface area contributed by atoms with Crippen LogP contribution < -0.4 is 0 Å². The first-order chi connectivity index (χ1) is 5.41. The molecule has 1 fully saturated rings. The molecule has 0 unspecified atom stereocenters. The van der Waals surface area contributed by atoms with E-state index in [1.807, 2.05) is 0 Å². The first-order valence-electron chi connectivity index (χ1n) is 3.61. The fourth-order valence-corrected chi connectivity index (χ4v) is 1.45. The van der Waals surface area contributed by atoms with Gasteiger partial charge in [-0.15, -0.1) is 0 Å². The van der Waals surface area contributed by atoms with Crippen LogP contribution >= 0.6 is 0 Å². The van der Waals surface area contributed by atoms with E-state index in [2.05, 4.69) is 0 Å². The van der Waals surface area contributed by atoms with E-state index in [9.17, 15) is 23.3 Å². The van der Waals surface area contributed by atoms with Crippen LogP contribution in [0.2, 0.25) is 0 Å². The molecule has 0 aliphatic heterocycles. The second kappa shape index (κ2) is 2.91. The Morgan fingerprint density at radius 1 is 1.33 bits per heavy atom. The minimum Gasteiger partial charge on any atom is -0.264 e. The van der Waals surface area contributed by atoms with Crippen LogP contribution in [0.15, 0.2) is 0 Å². The van der Waals surface area contributed by atoms with Gasteiger partial charge in [0.1, 0.15) is 0 Å². The van der Waals surface area contributed by atoms with Crippen molar-refractivity contribution in [3.63, 3.8) is 0 Å². The van der Waals surface area contributed by atoms with E-state index in [-0.39, 0.29) is 19.3 Å². The van der Waals surface area contributed by atoms with E-state index in [0.29, 0.717) is 0 Å². The second-order valence-electron chi connectivity index (χ2n) is 2.99. The molecule has 0 heterocycles. The molecule has 70 valence electrons. The van der Waals surface area contributed by atoms with Crippen LogP contribution in [-0.4, -0.2) is 17.1 Å². The number of hydrogen-bond acceptors (Lipinski definition) is 2. The molecule has 0 N–H and O–H groups in total. The van der Waals surface area contributed by atoms with Gasteiger partial charge in [-0.3, -0.25) is 10.1 Å². The SMILES string of the molecule is O=[N+]([O-])[C@@H]1CC[C@H](C(F)(F)F)C1. The van der Waals surface area contributed by atoms with E-state index in [4.69, 9.17) is 0 Å². The van der Waals surface area contributed by atoms with Crippen molar-refractivity contribution in [2.75, 3.05) is 0 Å². The summed E-state index contributed by atoms with van der Waals surface area (Å²) in [6, 6.07) is -0.989. The highest BCUT2D eigenvalue weighted by Crippen LogP contribution is 2.39. The van der Waals surface area contributed by atoms with Crippen molar-refractivity contribution in [1.82, 2.24) is 0 Å². The first-order valence-corrected chi connectivity index (χ1v) is 3.61. The second-order valence-corrected chi connectivity index (χ2v) is 2.99. The molecule has 0 saturated heterocycles. The molecule has 12 heavy (non-hydrogen) atoms. The third-order valence-electron chi connectivity index (χ3n) is 2.17. The predicted molar refractivity (Wildman–Crippen MR) is 34.2 cm³/mol. The summed E-state index contributed by atoms with van der Waals surface area (Å²) in [5, 5.41) is 10.1. The molecule has 0 aromatic rings. The number of alkyl halides is 3. The summed E-state index contributed by atoms with van der Waals surface area (Å²) >= 11 is 0.